The number of piperidine rings is 2. The molecule has 2 fully saturated rings. The topological polar surface area (TPSA) is 69.8 Å². The minimum Gasteiger partial charge on any atom is -0.391 e. The van der Waals surface area contributed by atoms with Gasteiger partial charge in [0, 0.05) is 30.9 Å². The summed E-state index contributed by atoms with van der Waals surface area (Å²) in [5, 5.41) is 21.5. The number of halogens is 1. The first-order chi connectivity index (χ1) is 13.6. The molecule has 0 bridgehead atoms. The van der Waals surface area contributed by atoms with Gasteiger partial charge in [-0.25, -0.2) is 0 Å². The summed E-state index contributed by atoms with van der Waals surface area (Å²) in [6.07, 6.45) is 2.64. The van der Waals surface area contributed by atoms with Crippen LogP contribution in [0.3, 0.4) is 0 Å². The van der Waals surface area contributed by atoms with Crippen LogP contribution in [-0.4, -0.2) is 53.3 Å². The summed E-state index contributed by atoms with van der Waals surface area (Å²) in [7, 11) is 0. The van der Waals surface area contributed by atoms with E-state index in [9.17, 15) is 15.2 Å². The Kier molecular flexibility index (Phi) is 7.11. The van der Waals surface area contributed by atoms with Gasteiger partial charge in [0.25, 0.3) is 5.69 Å². The number of nitro benzene ring substituents is 1. The molecule has 2 aliphatic heterocycles. The second-order valence-corrected chi connectivity index (χ2v) is 7.86. The Hall–Kier alpha value is -2.15. The fourth-order valence-electron chi connectivity index (χ4n) is 4.59. The second-order valence-electron chi connectivity index (χ2n) is 7.86. The van der Waals surface area contributed by atoms with E-state index in [0.717, 1.165) is 51.1 Å². The molecule has 6 nitrogen and oxygen atoms in total. The molecule has 2 aromatic carbocycles. The van der Waals surface area contributed by atoms with Gasteiger partial charge in [0.1, 0.15) is 0 Å². The maximum absolute atomic E-state index is 10.9. The fourth-order valence-corrected chi connectivity index (χ4v) is 4.59. The van der Waals surface area contributed by atoms with Crippen LogP contribution in [0.15, 0.2) is 54.6 Å². The van der Waals surface area contributed by atoms with E-state index in [2.05, 4.69) is 40.1 Å². The van der Waals surface area contributed by atoms with Gasteiger partial charge in [0.2, 0.25) is 0 Å². The molecule has 2 aliphatic rings. The quantitative estimate of drug-likeness (QED) is 0.604. The third kappa shape index (κ3) is 4.89. The number of aliphatic hydroxyl groups is 1. The molecule has 1 N–H and O–H groups in total. The van der Waals surface area contributed by atoms with E-state index >= 15 is 0 Å². The van der Waals surface area contributed by atoms with E-state index in [1.807, 2.05) is 12.1 Å². The third-order valence-electron chi connectivity index (χ3n) is 6.24. The van der Waals surface area contributed by atoms with Crippen molar-refractivity contribution in [2.45, 2.75) is 37.3 Å². The number of non-ortho nitro benzene ring substituents is 1. The lowest BCUT2D eigenvalue weighted by molar-refractivity contribution is -0.384. The van der Waals surface area contributed by atoms with Gasteiger partial charge in [-0.05, 0) is 56.0 Å². The molecule has 0 saturated carbocycles. The molecule has 2 saturated heterocycles. The lowest BCUT2D eigenvalue weighted by Gasteiger charge is -2.45. The van der Waals surface area contributed by atoms with Gasteiger partial charge in [0.05, 0.1) is 17.1 Å². The van der Waals surface area contributed by atoms with Crippen LogP contribution in [0.2, 0.25) is 0 Å². The standard InChI is InChI=1S/C22H27N3O3.ClH/c26-22-12-15-24(19-6-8-20(9-7-19)25(27)28)16-21(22)23-13-10-18(11-14-23)17-4-2-1-3-5-17;/h1-9,18,21-22,26H,10-16H2;1H/t21-,22-;/m1./s1. The van der Waals surface area contributed by atoms with E-state index in [0.29, 0.717) is 5.92 Å². The van der Waals surface area contributed by atoms with E-state index in [1.165, 1.54) is 5.56 Å². The van der Waals surface area contributed by atoms with Gasteiger partial charge in [-0.15, -0.1) is 12.4 Å². The van der Waals surface area contributed by atoms with Crippen LogP contribution in [-0.2, 0) is 0 Å². The highest BCUT2D eigenvalue weighted by Crippen LogP contribution is 2.31. The first-order valence-corrected chi connectivity index (χ1v) is 10.1. The fraction of sp³-hybridized carbons (Fsp3) is 0.455. The summed E-state index contributed by atoms with van der Waals surface area (Å²) in [4.78, 5) is 15.2. The number of aliphatic hydroxyl groups excluding tert-OH is 1. The Morgan fingerprint density at radius 3 is 2.21 bits per heavy atom. The van der Waals surface area contributed by atoms with E-state index in [1.54, 1.807) is 12.1 Å². The maximum atomic E-state index is 10.9. The average molecular weight is 418 g/mol. The van der Waals surface area contributed by atoms with Crippen molar-refractivity contribution >= 4 is 23.8 Å². The van der Waals surface area contributed by atoms with Crippen LogP contribution in [0, 0.1) is 10.1 Å². The molecule has 0 aliphatic carbocycles. The number of rotatable bonds is 4. The minimum atomic E-state index is -0.372. The van der Waals surface area contributed by atoms with Gasteiger partial charge in [0.15, 0.2) is 0 Å². The van der Waals surface area contributed by atoms with E-state index < -0.39 is 0 Å². The van der Waals surface area contributed by atoms with Crippen molar-refractivity contribution in [2.24, 2.45) is 0 Å². The van der Waals surface area contributed by atoms with Crippen molar-refractivity contribution in [2.75, 3.05) is 31.1 Å². The molecular formula is C22H28ClN3O3. The summed E-state index contributed by atoms with van der Waals surface area (Å²) < 4.78 is 0. The summed E-state index contributed by atoms with van der Waals surface area (Å²) in [5.74, 6) is 0.601. The Balaban J connectivity index is 0.00000240. The van der Waals surface area contributed by atoms with Gasteiger partial charge >= 0.3 is 0 Å². The van der Waals surface area contributed by atoms with E-state index in [-0.39, 0.29) is 35.2 Å². The predicted octanol–water partition coefficient (Wildman–Crippen LogP) is 3.84. The molecule has 2 aromatic rings. The van der Waals surface area contributed by atoms with Crippen LogP contribution < -0.4 is 4.90 Å². The zero-order valence-electron chi connectivity index (χ0n) is 16.4. The number of hydrogen-bond donors (Lipinski definition) is 1. The molecule has 0 aromatic heterocycles. The lowest BCUT2D eigenvalue weighted by Crippen LogP contribution is -2.57. The summed E-state index contributed by atoms with van der Waals surface area (Å²) >= 11 is 0. The SMILES string of the molecule is Cl.O=[N+]([O-])c1ccc(N2CC[C@@H](O)[C@H](N3CCC(c4ccccc4)CC3)C2)cc1. The van der Waals surface area contributed by atoms with Crippen LogP contribution in [0.1, 0.15) is 30.7 Å². The van der Waals surface area contributed by atoms with Crippen LogP contribution in [0.5, 0.6) is 0 Å². The number of likely N-dealkylation sites (tertiary alicyclic amines) is 1. The van der Waals surface area contributed by atoms with E-state index in [4.69, 9.17) is 0 Å². The Labute approximate surface area is 177 Å². The van der Waals surface area contributed by atoms with Gasteiger partial charge in [-0.1, -0.05) is 30.3 Å². The zero-order chi connectivity index (χ0) is 19.5. The molecule has 0 amide bonds. The van der Waals surface area contributed by atoms with Crippen molar-refractivity contribution in [1.29, 1.82) is 0 Å². The smallest absolute Gasteiger partial charge is 0.269 e. The second kappa shape index (κ2) is 9.57. The molecular weight excluding hydrogens is 390 g/mol. The van der Waals surface area contributed by atoms with Gasteiger partial charge in [-0.2, -0.15) is 0 Å². The monoisotopic (exact) mass is 417 g/mol. The first kappa shape index (κ1) is 21.6. The largest absolute Gasteiger partial charge is 0.391 e. The molecule has 0 unspecified atom stereocenters. The Morgan fingerprint density at radius 1 is 0.931 bits per heavy atom. The van der Waals surface area contributed by atoms with Crippen LogP contribution in [0.25, 0.3) is 0 Å². The molecule has 0 spiro atoms. The lowest BCUT2D eigenvalue weighted by atomic mass is 9.88. The van der Waals surface area contributed by atoms with Crippen LogP contribution in [0.4, 0.5) is 11.4 Å². The van der Waals surface area contributed by atoms with Crippen molar-refractivity contribution < 1.29 is 10.0 Å². The summed E-state index contributed by atoms with van der Waals surface area (Å²) in [6.45, 7) is 3.52. The first-order valence-electron chi connectivity index (χ1n) is 10.1. The summed E-state index contributed by atoms with van der Waals surface area (Å²) in [6, 6.07) is 17.6. The number of nitro groups is 1. The number of benzene rings is 2. The highest BCUT2D eigenvalue weighted by Gasteiger charge is 2.34. The highest BCUT2D eigenvalue weighted by molar-refractivity contribution is 5.85. The molecule has 7 heteroatoms. The highest BCUT2D eigenvalue weighted by atomic mass is 35.5. The molecule has 4 rings (SSSR count). The van der Waals surface area contributed by atoms with Crippen molar-refractivity contribution in [3.05, 3.63) is 70.3 Å². The third-order valence-corrected chi connectivity index (χ3v) is 6.24. The maximum Gasteiger partial charge on any atom is 0.269 e. The van der Waals surface area contributed by atoms with Gasteiger partial charge in [-0.3, -0.25) is 15.0 Å². The number of anilines is 1. The predicted molar refractivity (Wildman–Crippen MR) is 117 cm³/mol. The Bertz CT molecular complexity index is 795. The molecule has 0 radical (unpaired) electrons. The van der Waals surface area contributed by atoms with Crippen molar-refractivity contribution in [1.82, 2.24) is 4.90 Å². The molecule has 2 heterocycles. The molecule has 29 heavy (non-hydrogen) atoms. The van der Waals surface area contributed by atoms with Crippen molar-refractivity contribution in [3.8, 4) is 0 Å². The minimum absolute atomic E-state index is 0. The average Bonchev–Trinajstić information content (AvgIpc) is 2.75. The molecule has 156 valence electrons. The number of nitrogens with zero attached hydrogens (tertiary/aromatic N) is 3. The summed E-state index contributed by atoms with van der Waals surface area (Å²) in [5.41, 5.74) is 2.51. The van der Waals surface area contributed by atoms with Crippen molar-refractivity contribution in [3.63, 3.8) is 0 Å². The number of hydrogen-bond acceptors (Lipinski definition) is 5. The molecule has 2 atom stereocenters. The van der Waals surface area contributed by atoms with Gasteiger partial charge < -0.3 is 10.0 Å². The van der Waals surface area contributed by atoms with Crippen LogP contribution >= 0.6 is 12.4 Å². The zero-order valence-corrected chi connectivity index (χ0v) is 17.2. The normalized spacial score (nSPS) is 23.4. The Morgan fingerprint density at radius 2 is 1.59 bits per heavy atom.